The van der Waals surface area contributed by atoms with Crippen molar-refractivity contribution in [3.63, 3.8) is 0 Å². The van der Waals surface area contributed by atoms with Crippen LogP contribution in [-0.4, -0.2) is 41.9 Å². The molecular formula is C18H22N2O2. The molecule has 1 saturated heterocycles. The number of benzene rings is 1. The Hall–Kier alpha value is -2.07. The monoisotopic (exact) mass is 298 g/mol. The molecule has 0 radical (unpaired) electrons. The zero-order valence-electron chi connectivity index (χ0n) is 13.0. The van der Waals surface area contributed by atoms with Gasteiger partial charge >= 0.3 is 0 Å². The minimum absolute atomic E-state index is 0.229. The van der Waals surface area contributed by atoms with E-state index in [0.29, 0.717) is 6.42 Å². The van der Waals surface area contributed by atoms with Crippen molar-refractivity contribution in [1.82, 2.24) is 9.80 Å². The molecule has 1 aromatic carbocycles. The summed E-state index contributed by atoms with van der Waals surface area (Å²) in [6.45, 7) is 6.29. The molecule has 0 N–H and O–H groups in total. The van der Waals surface area contributed by atoms with E-state index in [0.717, 1.165) is 44.0 Å². The highest BCUT2D eigenvalue weighted by molar-refractivity contribution is 5.79. The molecule has 2 heterocycles. The molecule has 0 unspecified atom stereocenters. The smallest absolute Gasteiger partial charge is 0.227 e. The molecule has 0 saturated carbocycles. The van der Waals surface area contributed by atoms with Gasteiger partial charge in [0.1, 0.15) is 5.76 Å². The van der Waals surface area contributed by atoms with Gasteiger partial charge in [-0.25, -0.2) is 0 Å². The van der Waals surface area contributed by atoms with Crippen LogP contribution < -0.4 is 0 Å². The Kier molecular flexibility index (Phi) is 4.59. The molecule has 3 rings (SSSR count). The van der Waals surface area contributed by atoms with E-state index in [1.807, 2.05) is 35.2 Å². The number of hydrogen-bond acceptors (Lipinski definition) is 3. The number of aryl methyl sites for hydroxylation is 1. The Balaban J connectivity index is 1.50. The topological polar surface area (TPSA) is 36.7 Å². The maximum atomic E-state index is 12.4. The average molecular weight is 298 g/mol. The minimum Gasteiger partial charge on any atom is -0.468 e. The summed E-state index contributed by atoms with van der Waals surface area (Å²) in [6.07, 6.45) is 2.21. The molecule has 0 spiro atoms. The molecule has 1 fully saturated rings. The lowest BCUT2D eigenvalue weighted by Gasteiger charge is -2.34. The highest BCUT2D eigenvalue weighted by atomic mass is 16.3. The molecule has 4 nitrogen and oxygen atoms in total. The lowest BCUT2D eigenvalue weighted by molar-refractivity contribution is -0.132. The van der Waals surface area contributed by atoms with Gasteiger partial charge in [0.15, 0.2) is 0 Å². The van der Waals surface area contributed by atoms with E-state index >= 15 is 0 Å². The van der Waals surface area contributed by atoms with Crippen LogP contribution in [0.25, 0.3) is 0 Å². The normalized spacial score (nSPS) is 16.0. The molecular weight excluding hydrogens is 276 g/mol. The van der Waals surface area contributed by atoms with Crippen molar-refractivity contribution in [2.75, 3.05) is 26.2 Å². The molecule has 1 aromatic heterocycles. The van der Waals surface area contributed by atoms with Gasteiger partial charge in [-0.15, -0.1) is 0 Å². The van der Waals surface area contributed by atoms with E-state index < -0.39 is 0 Å². The third-order valence-electron chi connectivity index (χ3n) is 4.29. The van der Waals surface area contributed by atoms with E-state index in [1.54, 1.807) is 6.26 Å². The van der Waals surface area contributed by atoms with Gasteiger partial charge in [0, 0.05) is 26.2 Å². The number of carbonyl (C=O) groups is 1. The van der Waals surface area contributed by atoms with Crippen LogP contribution in [0.1, 0.15) is 16.9 Å². The summed E-state index contributed by atoms with van der Waals surface area (Å²) in [6, 6.07) is 12.0. The Morgan fingerprint density at radius 1 is 1.09 bits per heavy atom. The molecule has 0 aliphatic carbocycles. The molecule has 22 heavy (non-hydrogen) atoms. The maximum Gasteiger partial charge on any atom is 0.227 e. The Bertz CT molecular complexity index is 614. The molecule has 1 amide bonds. The number of amides is 1. The van der Waals surface area contributed by atoms with E-state index in [-0.39, 0.29) is 5.91 Å². The van der Waals surface area contributed by atoms with Gasteiger partial charge in [-0.1, -0.05) is 24.3 Å². The fourth-order valence-corrected chi connectivity index (χ4v) is 2.86. The van der Waals surface area contributed by atoms with Crippen LogP contribution in [0.5, 0.6) is 0 Å². The molecule has 1 aliphatic heterocycles. The van der Waals surface area contributed by atoms with Crippen molar-refractivity contribution in [1.29, 1.82) is 0 Å². The number of rotatable bonds is 4. The molecule has 0 atom stereocenters. The second kappa shape index (κ2) is 6.79. The standard InChI is InChI=1S/C18H22N2O2/c1-15-5-2-3-6-16(15)13-18(21)20-10-8-19(9-11-20)14-17-7-4-12-22-17/h2-7,12H,8-11,13-14H2,1H3. The predicted molar refractivity (Wildman–Crippen MR) is 85.4 cm³/mol. The summed E-state index contributed by atoms with van der Waals surface area (Å²) in [5, 5.41) is 0. The average Bonchev–Trinajstić information content (AvgIpc) is 3.03. The van der Waals surface area contributed by atoms with Crippen LogP contribution in [0, 0.1) is 6.92 Å². The summed E-state index contributed by atoms with van der Waals surface area (Å²) in [4.78, 5) is 16.7. The van der Waals surface area contributed by atoms with Crippen LogP contribution in [0.3, 0.4) is 0 Å². The van der Waals surface area contributed by atoms with E-state index in [4.69, 9.17) is 4.42 Å². The van der Waals surface area contributed by atoms with Gasteiger partial charge in [-0.05, 0) is 30.2 Å². The number of piperazine rings is 1. The summed E-state index contributed by atoms with van der Waals surface area (Å²) < 4.78 is 5.38. The van der Waals surface area contributed by atoms with Gasteiger partial charge in [0.05, 0.1) is 19.2 Å². The van der Waals surface area contributed by atoms with Crippen LogP contribution in [-0.2, 0) is 17.8 Å². The van der Waals surface area contributed by atoms with Crippen LogP contribution >= 0.6 is 0 Å². The van der Waals surface area contributed by atoms with Gasteiger partial charge in [0.2, 0.25) is 5.91 Å². The number of hydrogen-bond donors (Lipinski definition) is 0. The zero-order valence-corrected chi connectivity index (χ0v) is 13.0. The van der Waals surface area contributed by atoms with Crippen molar-refractivity contribution in [3.05, 3.63) is 59.5 Å². The molecule has 2 aromatic rings. The first kappa shape index (κ1) is 14.9. The number of furan rings is 1. The van der Waals surface area contributed by atoms with Crippen molar-refractivity contribution in [2.45, 2.75) is 19.9 Å². The van der Waals surface area contributed by atoms with Gasteiger partial charge in [0.25, 0.3) is 0 Å². The fraction of sp³-hybridized carbons (Fsp3) is 0.389. The molecule has 4 heteroatoms. The Morgan fingerprint density at radius 2 is 1.86 bits per heavy atom. The largest absolute Gasteiger partial charge is 0.468 e. The van der Waals surface area contributed by atoms with Crippen LogP contribution in [0.2, 0.25) is 0 Å². The summed E-state index contributed by atoms with van der Waals surface area (Å²) in [5.41, 5.74) is 2.32. The highest BCUT2D eigenvalue weighted by Gasteiger charge is 2.21. The summed E-state index contributed by atoms with van der Waals surface area (Å²) in [7, 11) is 0. The highest BCUT2D eigenvalue weighted by Crippen LogP contribution is 2.12. The van der Waals surface area contributed by atoms with Crippen molar-refractivity contribution in [2.24, 2.45) is 0 Å². The third kappa shape index (κ3) is 3.57. The van der Waals surface area contributed by atoms with Crippen molar-refractivity contribution in [3.8, 4) is 0 Å². The number of carbonyl (C=O) groups excluding carboxylic acids is 1. The minimum atomic E-state index is 0.229. The second-order valence-corrected chi connectivity index (χ2v) is 5.84. The first-order valence-corrected chi connectivity index (χ1v) is 7.79. The van der Waals surface area contributed by atoms with Gasteiger partial charge < -0.3 is 9.32 Å². The van der Waals surface area contributed by atoms with E-state index in [1.165, 1.54) is 5.56 Å². The first-order chi connectivity index (χ1) is 10.7. The second-order valence-electron chi connectivity index (χ2n) is 5.84. The zero-order chi connectivity index (χ0) is 15.4. The fourth-order valence-electron chi connectivity index (χ4n) is 2.86. The molecule has 116 valence electrons. The van der Waals surface area contributed by atoms with Crippen LogP contribution in [0.15, 0.2) is 47.1 Å². The molecule has 1 aliphatic rings. The first-order valence-electron chi connectivity index (χ1n) is 7.79. The third-order valence-corrected chi connectivity index (χ3v) is 4.29. The SMILES string of the molecule is Cc1ccccc1CC(=O)N1CCN(Cc2ccco2)CC1. The maximum absolute atomic E-state index is 12.4. The quantitative estimate of drug-likeness (QED) is 0.870. The van der Waals surface area contributed by atoms with E-state index in [2.05, 4.69) is 17.9 Å². The van der Waals surface area contributed by atoms with E-state index in [9.17, 15) is 4.79 Å². The summed E-state index contributed by atoms with van der Waals surface area (Å²) >= 11 is 0. The Labute approximate surface area is 131 Å². The lowest BCUT2D eigenvalue weighted by Crippen LogP contribution is -2.48. The van der Waals surface area contributed by atoms with Crippen LogP contribution in [0.4, 0.5) is 0 Å². The number of nitrogens with zero attached hydrogens (tertiary/aromatic N) is 2. The lowest BCUT2D eigenvalue weighted by atomic mass is 10.1. The molecule has 0 bridgehead atoms. The van der Waals surface area contributed by atoms with Crippen molar-refractivity contribution >= 4 is 5.91 Å². The van der Waals surface area contributed by atoms with Gasteiger partial charge in [-0.3, -0.25) is 9.69 Å². The van der Waals surface area contributed by atoms with Gasteiger partial charge in [-0.2, -0.15) is 0 Å². The Morgan fingerprint density at radius 3 is 2.55 bits per heavy atom. The summed E-state index contributed by atoms with van der Waals surface area (Å²) in [5.74, 6) is 1.21. The predicted octanol–water partition coefficient (Wildman–Crippen LogP) is 2.47. The van der Waals surface area contributed by atoms with Crippen molar-refractivity contribution < 1.29 is 9.21 Å².